The van der Waals surface area contributed by atoms with Crippen LogP contribution in [0.1, 0.15) is 93.4 Å². The summed E-state index contributed by atoms with van der Waals surface area (Å²) in [5.41, 5.74) is -1.32. The normalized spacial score (nSPS) is 42.5. The first-order valence-corrected chi connectivity index (χ1v) is 13.8. The number of carbonyl (C=O) groups is 4. The highest BCUT2D eigenvalue weighted by atomic mass is 16.4. The van der Waals surface area contributed by atoms with E-state index in [1.165, 1.54) is 6.92 Å². The summed E-state index contributed by atoms with van der Waals surface area (Å²) in [5.74, 6) is -2.16. The van der Waals surface area contributed by atoms with E-state index in [0.717, 1.165) is 5.57 Å². The van der Waals surface area contributed by atoms with E-state index < -0.39 is 45.8 Å². The van der Waals surface area contributed by atoms with Crippen molar-refractivity contribution in [2.24, 2.45) is 45.3 Å². The van der Waals surface area contributed by atoms with Gasteiger partial charge in [-0.2, -0.15) is 0 Å². The van der Waals surface area contributed by atoms with Crippen LogP contribution in [-0.2, 0) is 19.2 Å². The van der Waals surface area contributed by atoms with E-state index in [1.807, 2.05) is 34.6 Å². The molecule has 0 aliphatic heterocycles. The second-order valence-corrected chi connectivity index (χ2v) is 13.9. The Morgan fingerprint density at radius 2 is 1.57 bits per heavy atom. The Morgan fingerprint density at radius 1 is 0.946 bits per heavy atom. The van der Waals surface area contributed by atoms with Crippen LogP contribution >= 0.6 is 0 Å². The Kier molecular flexibility index (Phi) is 6.72. The van der Waals surface area contributed by atoms with Gasteiger partial charge in [0.25, 0.3) is 0 Å². The molecule has 0 saturated heterocycles. The molecule has 0 aromatic heterocycles. The lowest BCUT2D eigenvalue weighted by Crippen LogP contribution is -2.60. The summed E-state index contributed by atoms with van der Waals surface area (Å²) < 4.78 is 0. The van der Waals surface area contributed by atoms with Gasteiger partial charge in [0.1, 0.15) is 17.3 Å². The smallest absolute Gasteiger partial charge is 0.306 e. The van der Waals surface area contributed by atoms with Crippen molar-refractivity contribution in [1.82, 2.24) is 0 Å². The van der Waals surface area contributed by atoms with Gasteiger partial charge in [0.2, 0.25) is 0 Å². The number of hydrogen-bond donors (Lipinski definition) is 3. The largest absolute Gasteiger partial charge is 0.481 e. The van der Waals surface area contributed by atoms with E-state index in [9.17, 15) is 34.5 Å². The standard InChI is InChI=1S/C30H44O7/c1-15(10-17(31)11-16(2)26(36)37)18-12-23(35)30(7)25-19(32)13-21-27(3,4)22(34)8-9-28(21,5)24(25)20(33)14-29(18,30)6/h15-16,18-21,32-33H,8-14H2,1-7H3,(H,36,37)/t15?,16?,18-,19+,20+,21?,28+,29-,30+/m1/s1. The minimum absolute atomic E-state index is 0.0323. The first kappa shape index (κ1) is 28.2. The van der Waals surface area contributed by atoms with Crippen LogP contribution in [0.4, 0.5) is 0 Å². The van der Waals surface area contributed by atoms with Crippen LogP contribution < -0.4 is 0 Å². The van der Waals surface area contributed by atoms with Crippen molar-refractivity contribution >= 4 is 23.3 Å². The summed E-state index contributed by atoms with van der Waals surface area (Å²) in [6.07, 6.45) is 0.378. The zero-order valence-corrected chi connectivity index (χ0v) is 23.4. The highest BCUT2D eigenvalue weighted by molar-refractivity contribution is 5.93. The van der Waals surface area contributed by atoms with Gasteiger partial charge in [0, 0.05) is 31.1 Å². The number of ketones is 3. The monoisotopic (exact) mass is 516 g/mol. The van der Waals surface area contributed by atoms with Gasteiger partial charge in [-0.15, -0.1) is 0 Å². The van der Waals surface area contributed by atoms with Gasteiger partial charge in [0.15, 0.2) is 0 Å². The molecule has 4 aliphatic carbocycles. The van der Waals surface area contributed by atoms with Crippen LogP contribution in [0.5, 0.6) is 0 Å². The minimum Gasteiger partial charge on any atom is -0.481 e. The average Bonchev–Trinajstić information content (AvgIpc) is 2.99. The van der Waals surface area contributed by atoms with Crippen LogP contribution in [0.2, 0.25) is 0 Å². The van der Waals surface area contributed by atoms with Crippen LogP contribution in [0.15, 0.2) is 11.1 Å². The zero-order chi connectivity index (χ0) is 27.9. The van der Waals surface area contributed by atoms with Crippen molar-refractivity contribution in [2.45, 2.75) is 106 Å². The lowest BCUT2D eigenvalue weighted by molar-refractivity contribution is -0.146. The first-order chi connectivity index (χ1) is 16.9. The molecule has 0 bridgehead atoms. The molecule has 4 aliphatic rings. The second kappa shape index (κ2) is 8.84. The molecule has 4 rings (SSSR count). The summed E-state index contributed by atoms with van der Waals surface area (Å²) in [6.45, 7) is 13.4. The fraction of sp³-hybridized carbons (Fsp3) is 0.800. The maximum absolute atomic E-state index is 13.9. The number of Topliss-reactive ketones (excluding diaryl/α,β-unsaturated/α-hetero) is 3. The van der Waals surface area contributed by atoms with Gasteiger partial charge in [-0.1, -0.05) is 41.5 Å². The third-order valence-electron chi connectivity index (χ3n) is 11.5. The SMILES string of the molecule is CC(CC(=O)CC(C)[C@H]1CC(=O)[C@@]2(C)C3=C([C@@H](O)C[C@]12C)[C@@]1(C)CCC(=O)C(C)(C)C1C[C@@H]3O)C(=O)O. The van der Waals surface area contributed by atoms with E-state index >= 15 is 0 Å². The second-order valence-electron chi connectivity index (χ2n) is 13.9. The quantitative estimate of drug-likeness (QED) is 0.453. The number of aliphatic hydroxyl groups is 2. The lowest BCUT2D eigenvalue weighted by atomic mass is 9.42. The molecular weight excluding hydrogens is 472 g/mol. The van der Waals surface area contributed by atoms with Gasteiger partial charge in [-0.05, 0) is 65.9 Å². The molecule has 2 saturated carbocycles. The summed E-state index contributed by atoms with van der Waals surface area (Å²) in [4.78, 5) is 50.7. The molecule has 0 aromatic carbocycles. The van der Waals surface area contributed by atoms with E-state index in [0.29, 0.717) is 31.3 Å². The fourth-order valence-corrected chi connectivity index (χ4v) is 9.21. The number of aliphatic hydroxyl groups excluding tert-OH is 2. The first-order valence-electron chi connectivity index (χ1n) is 13.8. The topological polar surface area (TPSA) is 129 Å². The van der Waals surface area contributed by atoms with E-state index in [4.69, 9.17) is 0 Å². The summed E-state index contributed by atoms with van der Waals surface area (Å²) in [7, 11) is 0. The van der Waals surface area contributed by atoms with E-state index in [2.05, 4.69) is 6.92 Å². The third-order valence-corrected chi connectivity index (χ3v) is 11.5. The summed E-state index contributed by atoms with van der Waals surface area (Å²) in [6, 6.07) is 0. The van der Waals surface area contributed by atoms with Crippen molar-refractivity contribution in [3.8, 4) is 0 Å². The number of aliphatic carboxylic acids is 1. The van der Waals surface area contributed by atoms with Crippen molar-refractivity contribution in [1.29, 1.82) is 0 Å². The van der Waals surface area contributed by atoms with Gasteiger partial charge < -0.3 is 15.3 Å². The molecule has 0 amide bonds. The molecular formula is C30H44O7. The molecule has 3 N–H and O–H groups in total. The van der Waals surface area contributed by atoms with Crippen molar-refractivity contribution in [3.05, 3.63) is 11.1 Å². The molecule has 37 heavy (non-hydrogen) atoms. The number of carbonyl (C=O) groups excluding carboxylic acids is 3. The Morgan fingerprint density at radius 3 is 2.16 bits per heavy atom. The van der Waals surface area contributed by atoms with Gasteiger partial charge in [-0.25, -0.2) is 0 Å². The number of carboxylic acids is 1. The highest BCUT2D eigenvalue weighted by Gasteiger charge is 2.70. The third kappa shape index (κ3) is 3.82. The summed E-state index contributed by atoms with van der Waals surface area (Å²) in [5, 5.41) is 32.5. The molecule has 7 nitrogen and oxygen atoms in total. The molecule has 0 aromatic rings. The Hall–Kier alpha value is -1.86. The lowest BCUT2D eigenvalue weighted by Gasteiger charge is -2.62. The van der Waals surface area contributed by atoms with Crippen LogP contribution in [-0.4, -0.2) is 50.8 Å². The van der Waals surface area contributed by atoms with Crippen molar-refractivity contribution in [2.75, 3.05) is 0 Å². The predicted octanol–water partition coefficient (Wildman–Crippen LogP) is 4.13. The molecule has 0 radical (unpaired) electrons. The highest BCUT2D eigenvalue weighted by Crippen LogP contribution is 2.71. The van der Waals surface area contributed by atoms with E-state index in [-0.39, 0.29) is 54.4 Å². The molecule has 7 heteroatoms. The van der Waals surface area contributed by atoms with Gasteiger partial charge in [0.05, 0.1) is 23.5 Å². The molecule has 206 valence electrons. The maximum Gasteiger partial charge on any atom is 0.306 e. The Bertz CT molecular complexity index is 1070. The minimum atomic E-state index is -1.00. The van der Waals surface area contributed by atoms with Crippen molar-refractivity contribution < 1.29 is 34.5 Å². The Labute approximate surface area is 220 Å². The fourth-order valence-electron chi connectivity index (χ4n) is 9.21. The van der Waals surface area contributed by atoms with Gasteiger partial charge >= 0.3 is 5.97 Å². The van der Waals surface area contributed by atoms with Crippen LogP contribution in [0, 0.1) is 45.3 Å². The van der Waals surface area contributed by atoms with Crippen LogP contribution in [0.3, 0.4) is 0 Å². The Balaban J connectivity index is 1.74. The molecule has 0 spiro atoms. The molecule has 0 heterocycles. The number of carboxylic acid groups (broad SMARTS) is 1. The number of rotatable bonds is 6. The number of fused-ring (bicyclic) bond motifs is 4. The number of hydrogen-bond acceptors (Lipinski definition) is 6. The molecule has 2 fully saturated rings. The molecule has 3 unspecified atom stereocenters. The van der Waals surface area contributed by atoms with Crippen LogP contribution in [0.25, 0.3) is 0 Å². The predicted molar refractivity (Wildman–Crippen MR) is 137 cm³/mol. The zero-order valence-electron chi connectivity index (χ0n) is 23.4. The molecule has 9 atom stereocenters. The van der Waals surface area contributed by atoms with E-state index in [1.54, 1.807) is 0 Å². The van der Waals surface area contributed by atoms with Crippen molar-refractivity contribution in [3.63, 3.8) is 0 Å². The van der Waals surface area contributed by atoms with Gasteiger partial charge in [-0.3, -0.25) is 19.2 Å². The summed E-state index contributed by atoms with van der Waals surface area (Å²) >= 11 is 0. The maximum atomic E-state index is 13.9. The average molecular weight is 517 g/mol.